The van der Waals surface area contributed by atoms with Crippen LogP contribution in [0.5, 0.6) is 0 Å². The SMILES string of the molecule is CC(C)Cc1noc(CCCC(=O)O)n1. The topological polar surface area (TPSA) is 76.2 Å². The zero-order valence-corrected chi connectivity index (χ0v) is 9.06. The van der Waals surface area contributed by atoms with Crippen molar-refractivity contribution in [2.75, 3.05) is 0 Å². The molecule has 0 saturated heterocycles. The van der Waals surface area contributed by atoms with Gasteiger partial charge in [-0.2, -0.15) is 4.98 Å². The lowest BCUT2D eigenvalue weighted by Gasteiger charge is -1.96. The van der Waals surface area contributed by atoms with Gasteiger partial charge in [-0.15, -0.1) is 0 Å². The van der Waals surface area contributed by atoms with Crippen LogP contribution < -0.4 is 0 Å². The average Bonchev–Trinajstić information content (AvgIpc) is 2.50. The summed E-state index contributed by atoms with van der Waals surface area (Å²) in [4.78, 5) is 14.5. The second-order valence-electron chi connectivity index (χ2n) is 3.95. The van der Waals surface area contributed by atoms with E-state index in [0.29, 0.717) is 30.5 Å². The molecular weight excluding hydrogens is 196 g/mol. The summed E-state index contributed by atoms with van der Waals surface area (Å²) < 4.78 is 4.99. The van der Waals surface area contributed by atoms with E-state index in [1.54, 1.807) is 0 Å². The number of nitrogens with zero attached hydrogens (tertiary/aromatic N) is 2. The molecule has 0 amide bonds. The zero-order chi connectivity index (χ0) is 11.3. The smallest absolute Gasteiger partial charge is 0.303 e. The molecule has 84 valence electrons. The quantitative estimate of drug-likeness (QED) is 0.776. The normalized spacial score (nSPS) is 10.9. The highest BCUT2D eigenvalue weighted by molar-refractivity contribution is 5.66. The first-order valence-corrected chi connectivity index (χ1v) is 5.11. The first-order valence-electron chi connectivity index (χ1n) is 5.11. The van der Waals surface area contributed by atoms with Crippen molar-refractivity contribution in [3.63, 3.8) is 0 Å². The van der Waals surface area contributed by atoms with Crippen LogP contribution in [0.2, 0.25) is 0 Å². The van der Waals surface area contributed by atoms with Crippen LogP contribution in [0, 0.1) is 5.92 Å². The summed E-state index contributed by atoms with van der Waals surface area (Å²) in [6, 6.07) is 0. The number of aromatic nitrogens is 2. The molecule has 0 radical (unpaired) electrons. The highest BCUT2D eigenvalue weighted by atomic mass is 16.5. The molecule has 1 aromatic heterocycles. The number of hydrogen-bond donors (Lipinski definition) is 1. The molecule has 15 heavy (non-hydrogen) atoms. The van der Waals surface area contributed by atoms with E-state index in [-0.39, 0.29) is 6.42 Å². The van der Waals surface area contributed by atoms with Gasteiger partial charge in [0.1, 0.15) is 0 Å². The fraction of sp³-hybridized carbons (Fsp3) is 0.700. The molecule has 5 nitrogen and oxygen atoms in total. The molecule has 0 bridgehead atoms. The van der Waals surface area contributed by atoms with Crippen LogP contribution in [-0.4, -0.2) is 21.2 Å². The van der Waals surface area contributed by atoms with Crippen molar-refractivity contribution in [1.82, 2.24) is 10.1 Å². The first-order chi connectivity index (χ1) is 7.08. The van der Waals surface area contributed by atoms with Gasteiger partial charge in [-0.1, -0.05) is 19.0 Å². The largest absolute Gasteiger partial charge is 0.481 e. The summed E-state index contributed by atoms with van der Waals surface area (Å²) in [5, 5.41) is 12.3. The summed E-state index contributed by atoms with van der Waals surface area (Å²) in [6.07, 6.45) is 2.01. The van der Waals surface area contributed by atoms with Crippen molar-refractivity contribution < 1.29 is 14.4 Å². The maximum Gasteiger partial charge on any atom is 0.303 e. The van der Waals surface area contributed by atoms with Crippen molar-refractivity contribution in [2.45, 2.75) is 39.5 Å². The third kappa shape index (κ3) is 4.58. The molecule has 0 aliphatic heterocycles. The van der Waals surface area contributed by atoms with Gasteiger partial charge in [0.25, 0.3) is 0 Å². The van der Waals surface area contributed by atoms with Crippen LogP contribution >= 0.6 is 0 Å². The van der Waals surface area contributed by atoms with Crippen molar-refractivity contribution in [3.8, 4) is 0 Å². The predicted octanol–water partition coefficient (Wildman–Crippen LogP) is 1.68. The standard InChI is InChI=1S/C10H16N2O3/c1-7(2)6-8-11-9(15-12-8)4-3-5-10(13)14/h7H,3-6H2,1-2H3,(H,13,14). The van der Waals surface area contributed by atoms with E-state index in [9.17, 15) is 4.79 Å². The van der Waals surface area contributed by atoms with Crippen molar-refractivity contribution in [3.05, 3.63) is 11.7 Å². The number of aryl methyl sites for hydroxylation is 1. The van der Waals surface area contributed by atoms with E-state index in [2.05, 4.69) is 24.0 Å². The monoisotopic (exact) mass is 212 g/mol. The molecule has 1 aromatic rings. The second-order valence-corrected chi connectivity index (χ2v) is 3.95. The van der Waals surface area contributed by atoms with E-state index in [4.69, 9.17) is 9.63 Å². The summed E-state index contributed by atoms with van der Waals surface area (Å²) >= 11 is 0. The fourth-order valence-electron chi connectivity index (χ4n) is 1.23. The lowest BCUT2D eigenvalue weighted by atomic mass is 10.1. The molecule has 0 spiro atoms. The van der Waals surface area contributed by atoms with Gasteiger partial charge >= 0.3 is 5.97 Å². The van der Waals surface area contributed by atoms with Gasteiger partial charge in [-0.25, -0.2) is 0 Å². The van der Waals surface area contributed by atoms with Gasteiger partial charge in [0.15, 0.2) is 5.82 Å². The van der Waals surface area contributed by atoms with E-state index in [0.717, 1.165) is 6.42 Å². The van der Waals surface area contributed by atoms with E-state index in [1.165, 1.54) is 0 Å². The maximum atomic E-state index is 10.3. The number of hydrogen-bond acceptors (Lipinski definition) is 4. The average molecular weight is 212 g/mol. The molecule has 0 aromatic carbocycles. The van der Waals surface area contributed by atoms with Gasteiger partial charge in [-0.05, 0) is 12.3 Å². The Hall–Kier alpha value is -1.39. The Morgan fingerprint density at radius 2 is 2.27 bits per heavy atom. The van der Waals surface area contributed by atoms with Gasteiger partial charge < -0.3 is 9.63 Å². The van der Waals surface area contributed by atoms with Gasteiger partial charge in [0.05, 0.1) is 0 Å². The first kappa shape index (κ1) is 11.7. The van der Waals surface area contributed by atoms with Crippen molar-refractivity contribution in [2.24, 2.45) is 5.92 Å². The number of aliphatic carboxylic acids is 1. The summed E-state index contributed by atoms with van der Waals surface area (Å²) in [5.41, 5.74) is 0. The van der Waals surface area contributed by atoms with Crippen LogP contribution in [0.25, 0.3) is 0 Å². The Bertz CT molecular complexity index is 320. The molecular formula is C10H16N2O3. The molecule has 1 heterocycles. The predicted molar refractivity (Wildman–Crippen MR) is 53.4 cm³/mol. The maximum absolute atomic E-state index is 10.3. The Kier molecular flexibility index (Phi) is 4.27. The summed E-state index contributed by atoms with van der Waals surface area (Å²) in [5.74, 6) is 0.939. The summed E-state index contributed by atoms with van der Waals surface area (Å²) in [7, 11) is 0. The number of carbonyl (C=O) groups is 1. The zero-order valence-electron chi connectivity index (χ0n) is 9.06. The van der Waals surface area contributed by atoms with E-state index < -0.39 is 5.97 Å². The highest BCUT2D eigenvalue weighted by Crippen LogP contribution is 2.07. The molecule has 0 aliphatic rings. The minimum Gasteiger partial charge on any atom is -0.481 e. The lowest BCUT2D eigenvalue weighted by molar-refractivity contribution is -0.137. The van der Waals surface area contributed by atoms with Crippen LogP contribution in [0.4, 0.5) is 0 Å². The molecule has 1 rings (SSSR count). The fourth-order valence-corrected chi connectivity index (χ4v) is 1.23. The number of carboxylic acid groups (broad SMARTS) is 1. The Morgan fingerprint density at radius 1 is 1.53 bits per heavy atom. The Labute approximate surface area is 88.5 Å². The van der Waals surface area contributed by atoms with Gasteiger partial charge in [-0.3, -0.25) is 4.79 Å². The molecule has 5 heteroatoms. The molecule has 1 N–H and O–H groups in total. The lowest BCUT2D eigenvalue weighted by Crippen LogP contribution is -1.97. The molecule has 0 aliphatic carbocycles. The van der Waals surface area contributed by atoms with Gasteiger partial charge in [0.2, 0.25) is 5.89 Å². The minimum atomic E-state index is -0.795. The Balaban J connectivity index is 2.36. The second kappa shape index (κ2) is 5.48. The molecule has 0 unspecified atom stereocenters. The Morgan fingerprint density at radius 3 is 2.87 bits per heavy atom. The third-order valence-corrected chi connectivity index (χ3v) is 1.88. The molecule has 0 fully saturated rings. The third-order valence-electron chi connectivity index (χ3n) is 1.88. The van der Waals surface area contributed by atoms with Crippen molar-refractivity contribution >= 4 is 5.97 Å². The molecule has 0 atom stereocenters. The van der Waals surface area contributed by atoms with Crippen molar-refractivity contribution in [1.29, 1.82) is 0 Å². The van der Waals surface area contributed by atoms with E-state index >= 15 is 0 Å². The van der Waals surface area contributed by atoms with Crippen LogP contribution in [-0.2, 0) is 17.6 Å². The number of carboxylic acids is 1. The minimum absolute atomic E-state index is 0.141. The van der Waals surface area contributed by atoms with E-state index in [1.807, 2.05) is 0 Å². The summed E-state index contributed by atoms with van der Waals surface area (Å²) in [6.45, 7) is 4.17. The van der Waals surface area contributed by atoms with Gasteiger partial charge in [0, 0.05) is 19.3 Å². The van der Waals surface area contributed by atoms with Crippen LogP contribution in [0.1, 0.15) is 38.4 Å². The van der Waals surface area contributed by atoms with Crippen LogP contribution in [0.3, 0.4) is 0 Å². The number of rotatable bonds is 6. The molecule has 0 saturated carbocycles. The van der Waals surface area contributed by atoms with Crippen LogP contribution in [0.15, 0.2) is 4.52 Å². The highest BCUT2D eigenvalue weighted by Gasteiger charge is 2.08.